The summed E-state index contributed by atoms with van der Waals surface area (Å²) in [5.41, 5.74) is 2.71. The fourth-order valence-corrected chi connectivity index (χ4v) is 1.69. The molecule has 1 aromatic rings. The van der Waals surface area contributed by atoms with Crippen molar-refractivity contribution in [2.75, 3.05) is 20.7 Å². The minimum Gasteiger partial charge on any atom is -0.465 e. The van der Waals surface area contributed by atoms with Gasteiger partial charge in [0.15, 0.2) is 0 Å². The molecule has 0 saturated carbocycles. The summed E-state index contributed by atoms with van der Waals surface area (Å²) in [5, 5.41) is 3.09. The quantitative estimate of drug-likeness (QED) is 0.757. The number of carbonyl (C=O) groups is 1. The maximum atomic E-state index is 11.4. The van der Waals surface area contributed by atoms with Gasteiger partial charge in [0, 0.05) is 24.5 Å². The molecular weight excluding hydrogens is 192 g/mol. The number of nitrogens with zero attached hydrogens (tertiary/aromatic N) is 1. The summed E-state index contributed by atoms with van der Waals surface area (Å²) in [6.07, 6.45) is 0. The SMILES string of the molecule is CNCCn1c(C)cc(C(=O)OC)c1C. The molecule has 0 atom stereocenters. The van der Waals surface area contributed by atoms with E-state index in [9.17, 15) is 4.79 Å². The standard InChI is InChI=1S/C11H18N2O2/c1-8-7-10(11(14)15-4)9(2)13(8)6-5-12-3/h7,12H,5-6H2,1-4H3. The highest BCUT2D eigenvalue weighted by atomic mass is 16.5. The first-order chi connectivity index (χ1) is 7.11. The summed E-state index contributed by atoms with van der Waals surface area (Å²) in [6, 6.07) is 1.87. The molecule has 4 nitrogen and oxygen atoms in total. The number of nitrogens with one attached hydrogen (secondary N) is 1. The van der Waals surface area contributed by atoms with Crippen LogP contribution in [-0.4, -0.2) is 31.2 Å². The van der Waals surface area contributed by atoms with E-state index in [1.54, 1.807) is 0 Å². The lowest BCUT2D eigenvalue weighted by Gasteiger charge is -2.08. The Balaban J connectivity index is 2.98. The van der Waals surface area contributed by atoms with Crippen LogP contribution >= 0.6 is 0 Å². The minimum absolute atomic E-state index is 0.265. The van der Waals surface area contributed by atoms with Crippen LogP contribution in [0.5, 0.6) is 0 Å². The van der Waals surface area contributed by atoms with Gasteiger partial charge in [-0.2, -0.15) is 0 Å². The molecule has 0 aromatic carbocycles. The zero-order valence-electron chi connectivity index (χ0n) is 9.76. The Morgan fingerprint density at radius 3 is 2.73 bits per heavy atom. The Kier molecular flexibility index (Phi) is 3.91. The second-order valence-electron chi connectivity index (χ2n) is 3.53. The third-order valence-corrected chi connectivity index (χ3v) is 2.56. The smallest absolute Gasteiger partial charge is 0.339 e. The van der Waals surface area contributed by atoms with E-state index in [0.717, 1.165) is 24.5 Å². The molecule has 0 fully saturated rings. The number of rotatable bonds is 4. The number of aryl methyl sites for hydroxylation is 1. The first kappa shape index (κ1) is 11.8. The van der Waals surface area contributed by atoms with Crippen LogP contribution in [0.4, 0.5) is 0 Å². The molecule has 4 heteroatoms. The van der Waals surface area contributed by atoms with E-state index in [2.05, 4.69) is 9.88 Å². The van der Waals surface area contributed by atoms with Crippen LogP contribution < -0.4 is 5.32 Å². The van der Waals surface area contributed by atoms with Gasteiger partial charge in [-0.1, -0.05) is 0 Å². The Morgan fingerprint density at radius 2 is 2.20 bits per heavy atom. The Morgan fingerprint density at radius 1 is 1.53 bits per heavy atom. The molecule has 1 rings (SSSR count). The fraction of sp³-hybridized carbons (Fsp3) is 0.545. The fourth-order valence-electron chi connectivity index (χ4n) is 1.69. The summed E-state index contributed by atoms with van der Waals surface area (Å²) in [7, 11) is 3.32. The maximum absolute atomic E-state index is 11.4. The molecule has 0 aliphatic rings. The van der Waals surface area contributed by atoms with E-state index in [1.165, 1.54) is 7.11 Å². The highest BCUT2D eigenvalue weighted by Gasteiger charge is 2.15. The van der Waals surface area contributed by atoms with Crippen molar-refractivity contribution in [2.24, 2.45) is 0 Å². The molecule has 1 aromatic heterocycles. The van der Waals surface area contributed by atoms with Crippen molar-refractivity contribution in [1.82, 2.24) is 9.88 Å². The zero-order chi connectivity index (χ0) is 11.4. The predicted molar refractivity (Wildman–Crippen MR) is 59.2 cm³/mol. The van der Waals surface area contributed by atoms with Gasteiger partial charge < -0.3 is 14.6 Å². The maximum Gasteiger partial charge on any atom is 0.339 e. The van der Waals surface area contributed by atoms with Crippen molar-refractivity contribution in [2.45, 2.75) is 20.4 Å². The van der Waals surface area contributed by atoms with Crippen LogP contribution in [-0.2, 0) is 11.3 Å². The van der Waals surface area contributed by atoms with Crippen molar-refractivity contribution in [3.05, 3.63) is 23.0 Å². The van der Waals surface area contributed by atoms with Gasteiger partial charge in [0.1, 0.15) is 0 Å². The summed E-state index contributed by atoms with van der Waals surface area (Å²) < 4.78 is 6.84. The molecule has 1 heterocycles. The van der Waals surface area contributed by atoms with E-state index >= 15 is 0 Å². The molecule has 15 heavy (non-hydrogen) atoms. The van der Waals surface area contributed by atoms with Gasteiger partial charge in [-0.05, 0) is 27.0 Å². The van der Waals surface area contributed by atoms with Crippen LogP contribution in [0.25, 0.3) is 0 Å². The first-order valence-electron chi connectivity index (χ1n) is 5.01. The van der Waals surface area contributed by atoms with Crippen molar-refractivity contribution in [3.8, 4) is 0 Å². The summed E-state index contributed by atoms with van der Waals surface area (Å²) in [6.45, 7) is 5.69. The third-order valence-electron chi connectivity index (χ3n) is 2.56. The molecular formula is C11H18N2O2. The van der Waals surface area contributed by atoms with Gasteiger partial charge in [-0.15, -0.1) is 0 Å². The lowest BCUT2D eigenvalue weighted by molar-refractivity contribution is 0.0600. The van der Waals surface area contributed by atoms with Crippen molar-refractivity contribution >= 4 is 5.97 Å². The van der Waals surface area contributed by atoms with Gasteiger partial charge in [-0.25, -0.2) is 4.79 Å². The first-order valence-corrected chi connectivity index (χ1v) is 5.01. The summed E-state index contributed by atoms with van der Waals surface area (Å²) in [5.74, 6) is -0.265. The molecule has 0 bridgehead atoms. The van der Waals surface area contributed by atoms with Crippen LogP contribution in [0.3, 0.4) is 0 Å². The van der Waals surface area contributed by atoms with Gasteiger partial charge in [-0.3, -0.25) is 0 Å². The minimum atomic E-state index is -0.265. The molecule has 0 aliphatic heterocycles. The predicted octanol–water partition coefficient (Wildman–Crippen LogP) is 1.11. The highest BCUT2D eigenvalue weighted by Crippen LogP contribution is 2.15. The number of methoxy groups -OCH3 is 1. The Hall–Kier alpha value is -1.29. The van der Waals surface area contributed by atoms with Crippen LogP contribution in [0, 0.1) is 13.8 Å². The van der Waals surface area contributed by atoms with Crippen molar-refractivity contribution in [1.29, 1.82) is 0 Å². The Bertz CT molecular complexity index is 356. The van der Waals surface area contributed by atoms with Gasteiger partial charge in [0.25, 0.3) is 0 Å². The highest BCUT2D eigenvalue weighted by molar-refractivity contribution is 5.91. The average Bonchev–Trinajstić information content (AvgIpc) is 2.51. The molecule has 0 radical (unpaired) electrons. The molecule has 0 amide bonds. The van der Waals surface area contributed by atoms with Crippen LogP contribution in [0.15, 0.2) is 6.07 Å². The second-order valence-corrected chi connectivity index (χ2v) is 3.53. The second kappa shape index (κ2) is 4.98. The number of likely N-dealkylation sites (N-methyl/N-ethyl adjacent to an activating group) is 1. The molecule has 0 unspecified atom stereocenters. The van der Waals surface area contributed by atoms with Gasteiger partial charge in [0.05, 0.1) is 12.7 Å². The Labute approximate surface area is 90.2 Å². The summed E-state index contributed by atoms with van der Waals surface area (Å²) in [4.78, 5) is 11.4. The number of aromatic nitrogens is 1. The summed E-state index contributed by atoms with van der Waals surface area (Å²) >= 11 is 0. The lowest BCUT2D eigenvalue weighted by Crippen LogP contribution is -2.16. The van der Waals surface area contributed by atoms with E-state index in [1.807, 2.05) is 27.0 Å². The van der Waals surface area contributed by atoms with E-state index in [4.69, 9.17) is 4.74 Å². The van der Waals surface area contributed by atoms with E-state index in [-0.39, 0.29) is 5.97 Å². The topological polar surface area (TPSA) is 43.3 Å². The van der Waals surface area contributed by atoms with E-state index in [0.29, 0.717) is 5.56 Å². The number of hydrogen-bond acceptors (Lipinski definition) is 3. The molecule has 1 N–H and O–H groups in total. The molecule has 0 saturated heterocycles. The molecule has 0 spiro atoms. The van der Waals surface area contributed by atoms with Gasteiger partial charge in [0.2, 0.25) is 0 Å². The number of hydrogen-bond donors (Lipinski definition) is 1. The normalized spacial score (nSPS) is 10.4. The zero-order valence-corrected chi connectivity index (χ0v) is 9.76. The van der Waals surface area contributed by atoms with Gasteiger partial charge >= 0.3 is 5.97 Å². The largest absolute Gasteiger partial charge is 0.465 e. The number of esters is 1. The number of ether oxygens (including phenoxy) is 1. The van der Waals surface area contributed by atoms with Crippen molar-refractivity contribution in [3.63, 3.8) is 0 Å². The third kappa shape index (κ3) is 2.39. The number of carbonyl (C=O) groups excluding carboxylic acids is 1. The average molecular weight is 210 g/mol. The van der Waals surface area contributed by atoms with E-state index < -0.39 is 0 Å². The molecule has 84 valence electrons. The van der Waals surface area contributed by atoms with Crippen LogP contribution in [0.1, 0.15) is 21.7 Å². The lowest BCUT2D eigenvalue weighted by atomic mass is 10.2. The monoisotopic (exact) mass is 210 g/mol. The van der Waals surface area contributed by atoms with Crippen LogP contribution in [0.2, 0.25) is 0 Å². The van der Waals surface area contributed by atoms with Crippen molar-refractivity contribution < 1.29 is 9.53 Å². The molecule has 0 aliphatic carbocycles.